The van der Waals surface area contributed by atoms with Crippen molar-refractivity contribution in [2.45, 2.75) is 64.7 Å². The van der Waals surface area contributed by atoms with Gasteiger partial charge in [-0.3, -0.25) is 4.79 Å². The van der Waals surface area contributed by atoms with E-state index < -0.39 is 18.2 Å². The highest BCUT2D eigenvalue weighted by molar-refractivity contribution is 5.90. The van der Waals surface area contributed by atoms with E-state index in [9.17, 15) is 19.4 Å². The number of aliphatic hydroxyl groups excluding tert-OH is 2. The van der Waals surface area contributed by atoms with Crippen molar-refractivity contribution in [3.05, 3.63) is 77.7 Å². The topological polar surface area (TPSA) is 71.7 Å². The Bertz CT molecular complexity index is 1180. The van der Waals surface area contributed by atoms with Gasteiger partial charge in [0.25, 0.3) is 0 Å². The van der Waals surface area contributed by atoms with Gasteiger partial charge in [0.05, 0.1) is 31.4 Å². The molecule has 5 nitrogen and oxygen atoms in total. The molecule has 3 rings (SSSR count). The first-order valence-electron chi connectivity index (χ1n) is 12.3. The molecule has 0 amide bonds. The maximum Gasteiger partial charge on any atom is 0.308 e. The second kappa shape index (κ2) is 12.2. The third-order valence-corrected chi connectivity index (χ3v) is 6.15. The van der Waals surface area contributed by atoms with Crippen molar-refractivity contribution in [1.82, 2.24) is 4.57 Å². The van der Waals surface area contributed by atoms with Crippen LogP contribution in [0.5, 0.6) is 0 Å². The van der Waals surface area contributed by atoms with Crippen LogP contribution in [0.3, 0.4) is 0 Å². The Morgan fingerprint density at radius 3 is 2.19 bits per heavy atom. The van der Waals surface area contributed by atoms with Crippen LogP contribution in [0.4, 0.5) is 4.39 Å². The number of methoxy groups -OCH3 is 1. The molecular weight excluding hydrogens is 457 g/mol. The molecule has 0 saturated heterocycles. The summed E-state index contributed by atoms with van der Waals surface area (Å²) in [5, 5.41) is 20.8. The van der Waals surface area contributed by atoms with Crippen LogP contribution >= 0.6 is 0 Å². The molecule has 0 aliphatic carbocycles. The molecule has 6 heteroatoms. The number of esters is 1. The predicted molar refractivity (Wildman–Crippen MR) is 142 cm³/mol. The largest absolute Gasteiger partial charge is 0.469 e. The van der Waals surface area contributed by atoms with Gasteiger partial charge in [-0.05, 0) is 43.0 Å². The average molecular weight is 494 g/mol. The molecular formula is C30H36FNO4. The third-order valence-electron chi connectivity index (χ3n) is 6.15. The number of rotatable bonds is 10. The highest BCUT2D eigenvalue weighted by atomic mass is 19.1. The standard InChI is InChI=1S/C30H36FNO4/c1-19(2)29-26(16-15-24(33)17-25(34)18-27(35)36-5)28(21-11-13-23(31)14-12-21)30(32(29)20(3)4)22-9-7-6-8-10-22/h6-16,19-20,24-25,33-34H,17-18H2,1-5H3/b16-15+. The molecule has 0 bridgehead atoms. The minimum atomic E-state index is -1.02. The van der Waals surface area contributed by atoms with Gasteiger partial charge in [-0.15, -0.1) is 0 Å². The summed E-state index contributed by atoms with van der Waals surface area (Å²) in [6.45, 7) is 8.53. The Balaban J connectivity index is 2.20. The minimum absolute atomic E-state index is 0.00489. The minimum Gasteiger partial charge on any atom is -0.469 e. The highest BCUT2D eigenvalue weighted by Gasteiger charge is 2.26. The molecule has 0 saturated carbocycles. The summed E-state index contributed by atoms with van der Waals surface area (Å²) < 4.78 is 20.8. The Morgan fingerprint density at radius 2 is 1.64 bits per heavy atom. The first-order valence-corrected chi connectivity index (χ1v) is 12.3. The lowest BCUT2D eigenvalue weighted by Crippen LogP contribution is -2.20. The molecule has 36 heavy (non-hydrogen) atoms. The second-order valence-corrected chi connectivity index (χ2v) is 9.61. The van der Waals surface area contributed by atoms with Crippen LogP contribution < -0.4 is 0 Å². The molecule has 0 aliphatic rings. The number of carbonyl (C=O) groups is 1. The van der Waals surface area contributed by atoms with Crippen molar-refractivity contribution in [3.8, 4) is 22.4 Å². The van der Waals surface area contributed by atoms with Gasteiger partial charge in [-0.1, -0.05) is 68.5 Å². The van der Waals surface area contributed by atoms with Gasteiger partial charge >= 0.3 is 5.97 Å². The quantitative estimate of drug-likeness (QED) is 0.323. The van der Waals surface area contributed by atoms with Crippen LogP contribution in [0.25, 0.3) is 28.5 Å². The average Bonchev–Trinajstić information content (AvgIpc) is 3.19. The first-order chi connectivity index (χ1) is 17.1. The van der Waals surface area contributed by atoms with Gasteiger partial charge in [0, 0.05) is 29.3 Å². The van der Waals surface area contributed by atoms with Gasteiger partial charge in [-0.2, -0.15) is 0 Å². The molecule has 2 N–H and O–H groups in total. The maximum absolute atomic E-state index is 13.8. The van der Waals surface area contributed by atoms with E-state index in [1.54, 1.807) is 18.2 Å². The molecule has 3 aromatic rings. The predicted octanol–water partition coefficient (Wildman–Crippen LogP) is 6.35. The van der Waals surface area contributed by atoms with Crippen LogP contribution in [0, 0.1) is 5.82 Å². The fourth-order valence-corrected chi connectivity index (χ4v) is 4.63. The van der Waals surface area contributed by atoms with E-state index >= 15 is 0 Å². The monoisotopic (exact) mass is 493 g/mol. The number of hydrogen-bond acceptors (Lipinski definition) is 4. The van der Waals surface area contributed by atoms with Crippen molar-refractivity contribution in [3.63, 3.8) is 0 Å². The third kappa shape index (κ3) is 6.31. The Kier molecular flexibility index (Phi) is 9.24. The van der Waals surface area contributed by atoms with E-state index in [4.69, 9.17) is 0 Å². The van der Waals surface area contributed by atoms with Crippen LogP contribution in [0.15, 0.2) is 60.7 Å². The molecule has 0 aliphatic heterocycles. The van der Waals surface area contributed by atoms with Crippen molar-refractivity contribution in [1.29, 1.82) is 0 Å². The van der Waals surface area contributed by atoms with Crippen molar-refractivity contribution < 1.29 is 24.1 Å². The molecule has 192 valence electrons. The smallest absolute Gasteiger partial charge is 0.308 e. The second-order valence-electron chi connectivity index (χ2n) is 9.61. The Hall–Kier alpha value is -3.22. The van der Waals surface area contributed by atoms with Crippen molar-refractivity contribution >= 4 is 12.0 Å². The van der Waals surface area contributed by atoms with E-state index in [2.05, 4.69) is 49.1 Å². The maximum atomic E-state index is 13.8. The zero-order valence-corrected chi connectivity index (χ0v) is 21.6. The van der Waals surface area contributed by atoms with E-state index in [1.807, 2.05) is 24.3 Å². The lowest BCUT2D eigenvalue weighted by molar-refractivity contribution is -0.143. The molecule has 2 aromatic carbocycles. The summed E-state index contributed by atoms with van der Waals surface area (Å²) in [4.78, 5) is 11.5. The summed E-state index contributed by atoms with van der Waals surface area (Å²) in [6, 6.07) is 16.7. The van der Waals surface area contributed by atoms with Gasteiger partial charge in [-0.25, -0.2) is 4.39 Å². The van der Waals surface area contributed by atoms with Gasteiger partial charge in [0.1, 0.15) is 5.82 Å². The Morgan fingerprint density at radius 1 is 1.00 bits per heavy atom. The summed E-state index contributed by atoms with van der Waals surface area (Å²) in [5.74, 6) is -0.675. The lowest BCUT2D eigenvalue weighted by Gasteiger charge is -2.20. The molecule has 1 aromatic heterocycles. The van der Waals surface area contributed by atoms with E-state index in [-0.39, 0.29) is 30.6 Å². The zero-order chi connectivity index (χ0) is 26.4. The molecule has 1 heterocycles. The highest BCUT2D eigenvalue weighted by Crippen LogP contribution is 2.44. The SMILES string of the molecule is COC(=O)CC(O)CC(O)/C=C/c1c(-c2ccc(F)cc2)c(-c2ccccc2)n(C(C)C)c1C(C)C. The summed E-state index contributed by atoms with van der Waals surface area (Å²) in [7, 11) is 1.26. The zero-order valence-electron chi connectivity index (χ0n) is 21.6. The van der Waals surface area contributed by atoms with Crippen LogP contribution in [-0.4, -0.2) is 40.1 Å². The fraction of sp³-hybridized carbons (Fsp3) is 0.367. The van der Waals surface area contributed by atoms with Crippen molar-refractivity contribution in [2.24, 2.45) is 0 Å². The summed E-state index contributed by atoms with van der Waals surface area (Å²) in [6.07, 6.45) is 1.38. The molecule has 0 fully saturated rings. The van der Waals surface area contributed by atoms with E-state index in [1.165, 1.54) is 19.2 Å². The summed E-state index contributed by atoms with van der Waals surface area (Å²) in [5.41, 5.74) is 5.93. The lowest BCUT2D eigenvalue weighted by atomic mass is 9.94. The normalized spacial score (nSPS) is 13.5. The number of nitrogens with zero attached hydrogens (tertiary/aromatic N) is 1. The van der Waals surface area contributed by atoms with Crippen molar-refractivity contribution in [2.75, 3.05) is 7.11 Å². The molecule has 0 spiro atoms. The first kappa shape index (κ1) is 27.4. The number of benzene rings is 2. The number of aromatic nitrogens is 1. The number of ether oxygens (including phenoxy) is 1. The van der Waals surface area contributed by atoms with Gasteiger partial charge in [0.15, 0.2) is 0 Å². The number of hydrogen-bond donors (Lipinski definition) is 2. The van der Waals surface area contributed by atoms with Crippen LogP contribution in [0.2, 0.25) is 0 Å². The molecule has 2 atom stereocenters. The molecule has 2 unspecified atom stereocenters. The molecule has 0 radical (unpaired) electrons. The number of halogens is 1. The Labute approximate surface area is 212 Å². The fourth-order valence-electron chi connectivity index (χ4n) is 4.63. The van der Waals surface area contributed by atoms with Gasteiger partial charge in [0.2, 0.25) is 0 Å². The van der Waals surface area contributed by atoms with E-state index in [0.29, 0.717) is 0 Å². The van der Waals surface area contributed by atoms with Crippen LogP contribution in [-0.2, 0) is 9.53 Å². The van der Waals surface area contributed by atoms with E-state index in [0.717, 1.165) is 33.6 Å². The number of carbonyl (C=O) groups excluding carboxylic acids is 1. The van der Waals surface area contributed by atoms with Crippen LogP contribution in [0.1, 0.15) is 63.8 Å². The van der Waals surface area contributed by atoms with Gasteiger partial charge < -0.3 is 19.5 Å². The summed E-state index contributed by atoms with van der Waals surface area (Å²) >= 11 is 0. The number of aliphatic hydroxyl groups is 2.